The predicted molar refractivity (Wildman–Crippen MR) is 87.8 cm³/mol. The van der Waals surface area contributed by atoms with Gasteiger partial charge in [0.25, 0.3) is 0 Å². The van der Waals surface area contributed by atoms with Crippen LogP contribution in [-0.2, 0) is 11.3 Å². The first kappa shape index (κ1) is 14.9. The second kappa shape index (κ2) is 7.28. The predicted octanol–water partition coefficient (Wildman–Crippen LogP) is 3.33. The van der Waals surface area contributed by atoms with E-state index >= 15 is 0 Å². The second-order valence-corrected chi connectivity index (χ2v) is 6.36. The molecule has 1 N–H and O–H groups in total. The number of anilines is 1. The molecule has 21 heavy (non-hydrogen) atoms. The summed E-state index contributed by atoms with van der Waals surface area (Å²) >= 11 is 0. The fourth-order valence-corrected chi connectivity index (χ4v) is 3.58. The van der Waals surface area contributed by atoms with E-state index in [1.54, 1.807) is 0 Å². The SMILES string of the molecule is CCCC1CN(CCC2CCCO2)c2ccccc2CN1. The Hall–Kier alpha value is -1.06. The van der Waals surface area contributed by atoms with Crippen molar-refractivity contribution >= 4 is 5.69 Å². The Morgan fingerprint density at radius 2 is 2.19 bits per heavy atom. The Kier molecular flexibility index (Phi) is 5.15. The van der Waals surface area contributed by atoms with Gasteiger partial charge in [-0.2, -0.15) is 0 Å². The van der Waals surface area contributed by atoms with Gasteiger partial charge < -0.3 is 15.0 Å². The van der Waals surface area contributed by atoms with Crippen molar-refractivity contribution in [1.82, 2.24) is 5.32 Å². The Labute approximate surface area is 128 Å². The molecule has 1 aromatic rings. The number of benzene rings is 1. The van der Waals surface area contributed by atoms with Crippen molar-refractivity contribution in [3.63, 3.8) is 0 Å². The molecule has 0 radical (unpaired) electrons. The van der Waals surface area contributed by atoms with E-state index in [1.807, 2.05) is 0 Å². The molecule has 2 aliphatic rings. The van der Waals surface area contributed by atoms with Crippen LogP contribution in [0.3, 0.4) is 0 Å². The zero-order valence-electron chi connectivity index (χ0n) is 13.2. The molecule has 1 aromatic carbocycles. The van der Waals surface area contributed by atoms with E-state index < -0.39 is 0 Å². The highest BCUT2D eigenvalue weighted by molar-refractivity contribution is 5.54. The minimum atomic E-state index is 0.484. The van der Waals surface area contributed by atoms with Gasteiger partial charge in [0.15, 0.2) is 0 Å². The van der Waals surface area contributed by atoms with Crippen LogP contribution >= 0.6 is 0 Å². The number of nitrogens with zero attached hydrogens (tertiary/aromatic N) is 1. The molecule has 1 fully saturated rings. The molecule has 0 saturated carbocycles. The fourth-order valence-electron chi connectivity index (χ4n) is 3.58. The largest absolute Gasteiger partial charge is 0.378 e. The van der Waals surface area contributed by atoms with Crippen LogP contribution in [-0.4, -0.2) is 31.8 Å². The average Bonchev–Trinajstić information content (AvgIpc) is 2.96. The minimum absolute atomic E-state index is 0.484. The van der Waals surface area contributed by atoms with Crippen molar-refractivity contribution in [2.45, 2.75) is 57.7 Å². The molecular formula is C18H28N2O. The highest BCUT2D eigenvalue weighted by atomic mass is 16.5. The summed E-state index contributed by atoms with van der Waals surface area (Å²) in [4.78, 5) is 2.58. The van der Waals surface area contributed by atoms with Gasteiger partial charge in [0.1, 0.15) is 0 Å². The lowest BCUT2D eigenvalue weighted by Crippen LogP contribution is -2.39. The molecule has 3 rings (SSSR count). The third kappa shape index (κ3) is 3.78. The van der Waals surface area contributed by atoms with Crippen LogP contribution in [0.1, 0.15) is 44.6 Å². The molecule has 1 saturated heterocycles. The molecule has 2 unspecified atom stereocenters. The average molecular weight is 288 g/mol. The molecule has 0 spiro atoms. The second-order valence-electron chi connectivity index (χ2n) is 6.36. The van der Waals surface area contributed by atoms with Crippen molar-refractivity contribution in [2.75, 3.05) is 24.6 Å². The fraction of sp³-hybridized carbons (Fsp3) is 0.667. The molecule has 3 heteroatoms. The van der Waals surface area contributed by atoms with E-state index in [-0.39, 0.29) is 0 Å². The van der Waals surface area contributed by atoms with Gasteiger partial charge in [-0.15, -0.1) is 0 Å². The molecule has 2 atom stereocenters. The van der Waals surface area contributed by atoms with E-state index in [1.165, 1.54) is 36.9 Å². The standard InChI is InChI=1S/C18H28N2O/c1-2-6-16-14-20(11-10-17-8-5-12-21-17)18-9-4-3-7-15(18)13-19-16/h3-4,7,9,16-17,19H,2,5-6,8,10-14H2,1H3. The number of fused-ring (bicyclic) bond motifs is 1. The van der Waals surface area contributed by atoms with Crippen LogP contribution in [0.25, 0.3) is 0 Å². The lowest BCUT2D eigenvalue weighted by molar-refractivity contribution is 0.105. The first-order valence-corrected chi connectivity index (χ1v) is 8.54. The number of nitrogens with one attached hydrogen (secondary N) is 1. The van der Waals surface area contributed by atoms with Gasteiger partial charge in [-0.05, 0) is 37.3 Å². The Balaban J connectivity index is 1.70. The van der Waals surface area contributed by atoms with Gasteiger partial charge in [-0.1, -0.05) is 31.5 Å². The summed E-state index contributed by atoms with van der Waals surface area (Å²) in [5, 5.41) is 3.72. The van der Waals surface area contributed by atoms with Crippen LogP contribution in [0.5, 0.6) is 0 Å². The summed E-state index contributed by atoms with van der Waals surface area (Å²) in [6, 6.07) is 9.46. The summed E-state index contributed by atoms with van der Waals surface area (Å²) in [5.74, 6) is 0. The van der Waals surface area contributed by atoms with Crippen LogP contribution < -0.4 is 10.2 Å². The molecule has 0 amide bonds. The number of hydrogen-bond donors (Lipinski definition) is 1. The summed E-state index contributed by atoms with van der Waals surface area (Å²) in [7, 11) is 0. The Morgan fingerprint density at radius 3 is 3.00 bits per heavy atom. The maximum absolute atomic E-state index is 5.80. The third-order valence-corrected chi connectivity index (χ3v) is 4.74. The van der Waals surface area contributed by atoms with Crippen LogP contribution in [0.15, 0.2) is 24.3 Å². The monoisotopic (exact) mass is 288 g/mol. The summed E-state index contributed by atoms with van der Waals surface area (Å²) in [5.41, 5.74) is 2.85. The van der Waals surface area contributed by atoms with Gasteiger partial charge in [0.2, 0.25) is 0 Å². The molecule has 0 bridgehead atoms. The molecule has 2 aliphatic heterocycles. The first-order valence-electron chi connectivity index (χ1n) is 8.54. The first-order chi connectivity index (χ1) is 10.4. The zero-order chi connectivity index (χ0) is 14.5. The van der Waals surface area contributed by atoms with Crippen molar-refractivity contribution in [3.8, 4) is 0 Å². The number of hydrogen-bond acceptors (Lipinski definition) is 3. The van der Waals surface area contributed by atoms with Gasteiger partial charge in [-0.3, -0.25) is 0 Å². The molecular weight excluding hydrogens is 260 g/mol. The van der Waals surface area contributed by atoms with Gasteiger partial charge >= 0.3 is 0 Å². The normalized spacial score (nSPS) is 25.7. The summed E-state index contributed by atoms with van der Waals surface area (Å²) in [6.07, 6.45) is 6.62. The van der Waals surface area contributed by atoms with E-state index in [9.17, 15) is 0 Å². The molecule has 2 heterocycles. The van der Waals surface area contributed by atoms with Crippen LogP contribution in [0, 0.1) is 0 Å². The molecule has 0 aliphatic carbocycles. The number of ether oxygens (including phenoxy) is 1. The van der Waals surface area contributed by atoms with Gasteiger partial charge in [0.05, 0.1) is 6.10 Å². The van der Waals surface area contributed by atoms with E-state index in [4.69, 9.17) is 4.74 Å². The smallest absolute Gasteiger partial charge is 0.0592 e. The van der Waals surface area contributed by atoms with Crippen molar-refractivity contribution < 1.29 is 4.74 Å². The van der Waals surface area contributed by atoms with Crippen molar-refractivity contribution in [3.05, 3.63) is 29.8 Å². The summed E-state index contributed by atoms with van der Waals surface area (Å²) < 4.78 is 5.80. The van der Waals surface area contributed by atoms with E-state index in [2.05, 4.69) is 41.4 Å². The lowest BCUT2D eigenvalue weighted by atomic mass is 10.1. The maximum atomic E-state index is 5.80. The number of rotatable bonds is 5. The molecule has 0 aromatic heterocycles. The Morgan fingerprint density at radius 1 is 1.29 bits per heavy atom. The van der Waals surface area contributed by atoms with Crippen molar-refractivity contribution in [2.24, 2.45) is 0 Å². The van der Waals surface area contributed by atoms with E-state index in [0.717, 1.165) is 32.7 Å². The lowest BCUT2D eigenvalue weighted by Gasteiger charge is -2.28. The topological polar surface area (TPSA) is 24.5 Å². The minimum Gasteiger partial charge on any atom is -0.378 e. The number of para-hydroxylation sites is 1. The highest BCUT2D eigenvalue weighted by Gasteiger charge is 2.22. The van der Waals surface area contributed by atoms with Crippen molar-refractivity contribution in [1.29, 1.82) is 0 Å². The van der Waals surface area contributed by atoms with Gasteiger partial charge in [0, 0.05) is 38.0 Å². The summed E-state index contributed by atoms with van der Waals surface area (Å²) in [6.45, 7) is 6.47. The zero-order valence-corrected chi connectivity index (χ0v) is 13.2. The molecule has 116 valence electrons. The van der Waals surface area contributed by atoms with E-state index in [0.29, 0.717) is 12.1 Å². The third-order valence-electron chi connectivity index (χ3n) is 4.74. The Bertz CT molecular complexity index is 443. The van der Waals surface area contributed by atoms with Gasteiger partial charge in [-0.25, -0.2) is 0 Å². The maximum Gasteiger partial charge on any atom is 0.0592 e. The highest BCUT2D eigenvalue weighted by Crippen LogP contribution is 2.25. The van der Waals surface area contributed by atoms with Crippen LogP contribution in [0.2, 0.25) is 0 Å². The molecule has 3 nitrogen and oxygen atoms in total. The van der Waals surface area contributed by atoms with Crippen LogP contribution in [0.4, 0.5) is 5.69 Å². The quantitative estimate of drug-likeness (QED) is 0.899.